The largest absolute Gasteiger partial charge is 0.497 e. The van der Waals surface area contributed by atoms with Crippen LogP contribution in [-0.2, 0) is 18.4 Å². The number of aromatic nitrogens is 3. The molecule has 1 aliphatic carbocycles. The van der Waals surface area contributed by atoms with Crippen molar-refractivity contribution in [1.29, 1.82) is 0 Å². The fourth-order valence-corrected chi connectivity index (χ4v) is 4.69. The maximum absolute atomic E-state index is 12.8. The van der Waals surface area contributed by atoms with E-state index in [0.717, 1.165) is 36.3 Å². The molecule has 1 aromatic carbocycles. The van der Waals surface area contributed by atoms with E-state index >= 15 is 0 Å². The minimum Gasteiger partial charge on any atom is -0.497 e. The van der Waals surface area contributed by atoms with E-state index in [9.17, 15) is 9.59 Å². The lowest BCUT2D eigenvalue weighted by atomic mass is 9.89. The first-order valence-corrected chi connectivity index (χ1v) is 11.6. The highest BCUT2D eigenvalue weighted by atomic mass is 16.5. The van der Waals surface area contributed by atoms with Crippen LogP contribution >= 0.6 is 0 Å². The summed E-state index contributed by atoms with van der Waals surface area (Å²) in [5, 5.41) is 12.2. The van der Waals surface area contributed by atoms with Crippen molar-refractivity contribution in [3.63, 3.8) is 0 Å². The number of ether oxygens (including phenoxy) is 1. The van der Waals surface area contributed by atoms with Crippen molar-refractivity contribution in [1.82, 2.24) is 25.0 Å². The van der Waals surface area contributed by atoms with Crippen LogP contribution in [0.25, 0.3) is 21.8 Å². The molecule has 1 aliphatic rings. The summed E-state index contributed by atoms with van der Waals surface area (Å²) in [5.74, 6) is 1.39. The number of hydrogen-bond acceptors (Lipinski definition) is 5. The minimum atomic E-state index is -0.131. The van der Waals surface area contributed by atoms with Gasteiger partial charge in [-0.25, -0.2) is 0 Å². The molecule has 1 fully saturated rings. The standard InChI is InChI=1S/C24H33N5O3/c1-28-21-10-9-18(32-2)13-19(21)23-20(24(28)31)15-27-29(23)16-22(30)26-12-6-11-25-14-17-7-4-3-5-8-17/h9-10,13,15,17,25H,3-8,11-12,14,16H2,1-2H3,(H,26,30). The van der Waals surface area contributed by atoms with Crippen LogP contribution in [0.15, 0.2) is 29.2 Å². The molecule has 3 aromatic rings. The average molecular weight is 440 g/mol. The third kappa shape index (κ3) is 4.80. The Hall–Kier alpha value is -2.87. The summed E-state index contributed by atoms with van der Waals surface area (Å²) in [4.78, 5) is 25.3. The van der Waals surface area contributed by atoms with Crippen LogP contribution in [0.2, 0.25) is 0 Å². The highest BCUT2D eigenvalue weighted by molar-refractivity contribution is 6.04. The van der Waals surface area contributed by atoms with Gasteiger partial charge in [-0.3, -0.25) is 14.3 Å². The number of fused-ring (bicyclic) bond motifs is 3. The molecular weight excluding hydrogens is 406 g/mol. The summed E-state index contributed by atoms with van der Waals surface area (Å²) in [6.07, 6.45) is 9.21. The predicted molar refractivity (Wildman–Crippen MR) is 126 cm³/mol. The zero-order valence-corrected chi connectivity index (χ0v) is 19.0. The van der Waals surface area contributed by atoms with Gasteiger partial charge < -0.3 is 19.9 Å². The van der Waals surface area contributed by atoms with Crippen molar-refractivity contribution in [2.45, 2.75) is 45.1 Å². The molecule has 1 saturated carbocycles. The second-order valence-electron chi connectivity index (χ2n) is 8.72. The molecule has 32 heavy (non-hydrogen) atoms. The summed E-state index contributed by atoms with van der Waals surface area (Å²) >= 11 is 0. The Kier molecular flexibility index (Phi) is 7.09. The number of nitrogens with zero attached hydrogens (tertiary/aromatic N) is 3. The van der Waals surface area contributed by atoms with Crippen LogP contribution in [0.3, 0.4) is 0 Å². The minimum absolute atomic E-state index is 0.0679. The lowest BCUT2D eigenvalue weighted by molar-refractivity contribution is -0.121. The second-order valence-corrected chi connectivity index (χ2v) is 8.72. The lowest BCUT2D eigenvalue weighted by Gasteiger charge is -2.21. The first-order chi connectivity index (χ1) is 15.6. The highest BCUT2D eigenvalue weighted by Crippen LogP contribution is 2.26. The van der Waals surface area contributed by atoms with Crippen molar-refractivity contribution in [3.05, 3.63) is 34.7 Å². The van der Waals surface area contributed by atoms with E-state index in [1.165, 1.54) is 32.1 Å². The van der Waals surface area contributed by atoms with Gasteiger partial charge >= 0.3 is 0 Å². The molecule has 2 N–H and O–H groups in total. The summed E-state index contributed by atoms with van der Waals surface area (Å²) in [5.41, 5.74) is 1.30. The maximum Gasteiger partial charge on any atom is 0.261 e. The van der Waals surface area contributed by atoms with Gasteiger partial charge in [-0.05, 0) is 56.5 Å². The number of hydrogen-bond donors (Lipinski definition) is 2. The topological polar surface area (TPSA) is 90.2 Å². The number of rotatable bonds is 9. The van der Waals surface area contributed by atoms with E-state index in [0.29, 0.717) is 23.2 Å². The SMILES string of the molecule is COc1ccc2c(c1)c1c(cnn1CC(=O)NCCCNCC1CCCCC1)c(=O)n2C. The van der Waals surface area contributed by atoms with Gasteiger partial charge in [0, 0.05) is 19.0 Å². The van der Waals surface area contributed by atoms with Crippen LogP contribution in [0.5, 0.6) is 5.75 Å². The second kappa shape index (κ2) is 10.2. The van der Waals surface area contributed by atoms with Crippen LogP contribution in [-0.4, -0.2) is 47.0 Å². The highest BCUT2D eigenvalue weighted by Gasteiger charge is 2.16. The molecule has 0 saturated heterocycles. The Balaban J connectivity index is 1.37. The van der Waals surface area contributed by atoms with Gasteiger partial charge in [0.15, 0.2) is 0 Å². The van der Waals surface area contributed by atoms with E-state index in [-0.39, 0.29) is 18.0 Å². The van der Waals surface area contributed by atoms with Crippen molar-refractivity contribution in [2.75, 3.05) is 26.7 Å². The summed E-state index contributed by atoms with van der Waals surface area (Å²) in [7, 11) is 3.35. The van der Waals surface area contributed by atoms with E-state index in [1.54, 1.807) is 29.6 Å². The Labute approximate surface area is 187 Å². The number of nitrogens with one attached hydrogen (secondary N) is 2. The number of methoxy groups -OCH3 is 1. The molecule has 172 valence electrons. The molecule has 0 atom stereocenters. The molecule has 8 heteroatoms. The maximum atomic E-state index is 12.8. The average Bonchev–Trinajstić information content (AvgIpc) is 3.23. The molecule has 0 radical (unpaired) electrons. The molecular formula is C24H33N5O3. The zero-order chi connectivity index (χ0) is 22.5. The number of pyridine rings is 1. The van der Waals surface area contributed by atoms with E-state index in [4.69, 9.17) is 4.74 Å². The molecule has 1 amide bonds. The smallest absolute Gasteiger partial charge is 0.261 e. The van der Waals surface area contributed by atoms with Gasteiger partial charge in [0.1, 0.15) is 12.3 Å². The Morgan fingerprint density at radius 1 is 1.19 bits per heavy atom. The Bertz CT molecular complexity index is 1140. The van der Waals surface area contributed by atoms with Crippen molar-refractivity contribution in [2.24, 2.45) is 13.0 Å². The number of aryl methyl sites for hydroxylation is 1. The first-order valence-electron chi connectivity index (χ1n) is 11.6. The molecule has 0 aliphatic heterocycles. The van der Waals surface area contributed by atoms with Gasteiger partial charge in [-0.1, -0.05) is 19.3 Å². The Morgan fingerprint density at radius 2 is 2.00 bits per heavy atom. The van der Waals surface area contributed by atoms with E-state index < -0.39 is 0 Å². The number of amides is 1. The predicted octanol–water partition coefficient (Wildman–Crippen LogP) is 2.57. The van der Waals surface area contributed by atoms with Gasteiger partial charge in [-0.15, -0.1) is 0 Å². The summed E-state index contributed by atoms with van der Waals surface area (Å²) in [6.45, 7) is 2.67. The van der Waals surface area contributed by atoms with Gasteiger partial charge in [0.05, 0.1) is 29.7 Å². The van der Waals surface area contributed by atoms with E-state index in [2.05, 4.69) is 15.7 Å². The normalized spacial score (nSPS) is 14.8. The van der Waals surface area contributed by atoms with Crippen molar-refractivity contribution < 1.29 is 9.53 Å². The van der Waals surface area contributed by atoms with Crippen LogP contribution < -0.4 is 20.9 Å². The van der Waals surface area contributed by atoms with Crippen LogP contribution in [0.1, 0.15) is 38.5 Å². The summed E-state index contributed by atoms with van der Waals surface area (Å²) in [6, 6.07) is 5.56. The molecule has 8 nitrogen and oxygen atoms in total. The van der Waals surface area contributed by atoms with Gasteiger partial charge in [0.25, 0.3) is 5.56 Å². The lowest BCUT2D eigenvalue weighted by Crippen LogP contribution is -2.32. The number of benzene rings is 1. The van der Waals surface area contributed by atoms with Crippen LogP contribution in [0.4, 0.5) is 0 Å². The van der Waals surface area contributed by atoms with Gasteiger partial charge in [-0.2, -0.15) is 5.10 Å². The van der Waals surface area contributed by atoms with Gasteiger partial charge in [0.2, 0.25) is 5.91 Å². The van der Waals surface area contributed by atoms with Crippen LogP contribution in [0, 0.1) is 5.92 Å². The third-order valence-corrected chi connectivity index (χ3v) is 6.50. The molecule has 2 aromatic heterocycles. The summed E-state index contributed by atoms with van der Waals surface area (Å²) < 4.78 is 8.57. The first kappa shape index (κ1) is 22.3. The fourth-order valence-electron chi connectivity index (χ4n) is 4.69. The van der Waals surface area contributed by atoms with E-state index in [1.807, 2.05) is 18.2 Å². The molecule has 0 bridgehead atoms. The molecule has 2 heterocycles. The quantitative estimate of drug-likeness (QED) is 0.500. The molecule has 0 unspecified atom stereocenters. The van der Waals surface area contributed by atoms with Crippen molar-refractivity contribution >= 4 is 27.7 Å². The molecule has 4 rings (SSSR count). The number of carbonyl (C=O) groups excluding carboxylic acids is 1. The molecule has 0 spiro atoms. The van der Waals surface area contributed by atoms with Crippen molar-refractivity contribution in [3.8, 4) is 5.75 Å². The fraction of sp³-hybridized carbons (Fsp3) is 0.542. The third-order valence-electron chi connectivity index (χ3n) is 6.50. The monoisotopic (exact) mass is 439 g/mol. The zero-order valence-electron chi connectivity index (χ0n) is 19.0. The Morgan fingerprint density at radius 3 is 2.78 bits per heavy atom. The number of carbonyl (C=O) groups is 1.